The van der Waals surface area contributed by atoms with Gasteiger partial charge in [0.2, 0.25) is 5.76 Å². The SMILES string of the molecule is C=CCOc1ccc(C2c3c(oc4ccc(C)cc4c3=O)C(=O)N2CC=C)cc1OCC. The molecule has 4 rings (SSSR count). The molecule has 1 aliphatic rings. The van der Waals surface area contributed by atoms with Gasteiger partial charge in [-0.05, 0) is 43.7 Å². The summed E-state index contributed by atoms with van der Waals surface area (Å²) in [5.41, 5.74) is 2.19. The van der Waals surface area contributed by atoms with Crippen LogP contribution < -0.4 is 14.9 Å². The van der Waals surface area contributed by atoms with E-state index in [2.05, 4.69) is 13.2 Å². The summed E-state index contributed by atoms with van der Waals surface area (Å²) in [5.74, 6) is 0.835. The topological polar surface area (TPSA) is 69.0 Å². The van der Waals surface area contributed by atoms with E-state index in [9.17, 15) is 9.59 Å². The van der Waals surface area contributed by atoms with E-state index in [1.165, 1.54) is 0 Å². The second-order valence-corrected chi connectivity index (χ2v) is 7.56. The summed E-state index contributed by atoms with van der Waals surface area (Å²) < 4.78 is 17.4. The average molecular weight is 431 g/mol. The number of nitrogens with zero attached hydrogens (tertiary/aromatic N) is 1. The van der Waals surface area contributed by atoms with E-state index in [1.54, 1.807) is 35.3 Å². The van der Waals surface area contributed by atoms with Crippen molar-refractivity contribution in [1.82, 2.24) is 4.90 Å². The number of amides is 1. The zero-order chi connectivity index (χ0) is 22.8. The van der Waals surface area contributed by atoms with Crippen LogP contribution in [0.1, 0.15) is 40.2 Å². The van der Waals surface area contributed by atoms with Crippen molar-refractivity contribution < 1.29 is 18.7 Å². The van der Waals surface area contributed by atoms with Gasteiger partial charge < -0.3 is 18.8 Å². The number of rotatable bonds is 8. The molecular weight excluding hydrogens is 406 g/mol. The molecule has 0 saturated carbocycles. The van der Waals surface area contributed by atoms with Crippen molar-refractivity contribution >= 4 is 16.9 Å². The second kappa shape index (κ2) is 8.75. The zero-order valence-electron chi connectivity index (χ0n) is 18.2. The summed E-state index contributed by atoms with van der Waals surface area (Å²) in [6.07, 6.45) is 3.29. The molecule has 164 valence electrons. The molecule has 1 amide bonds. The Labute approximate surface area is 186 Å². The minimum atomic E-state index is -0.621. The Kier molecular flexibility index (Phi) is 5.86. The van der Waals surface area contributed by atoms with Gasteiger partial charge in [0.15, 0.2) is 16.9 Å². The van der Waals surface area contributed by atoms with Gasteiger partial charge >= 0.3 is 0 Å². The Morgan fingerprint density at radius 3 is 2.59 bits per heavy atom. The molecule has 0 bridgehead atoms. The summed E-state index contributed by atoms with van der Waals surface area (Å²) in [6.45, 7) is 12.3. The molecule has 0 N–H and O–H groups in total. The van der Waals surface area contributed by atoms with Gasteiger partial charge in [-0.25, -0.2) is 0 Å². The summed E-state index contributed by atoms with van der Waals surface area (Å²) in [7, 11) is 0. The summed E-state index contributed by atoms with van der Waals surface area (Å²) in [5, 5.41) is 0.456. The zero-order valence-corrected chi connectivity index (χ0v) is 18.2. The molecule has 1 aromatic heterocycles. The van der Waals surface area contributed by atoms with Gasteiger partial charge in [-0.15, -0.1) is 6.58 Å². The van der Waals surface area contributed by atoms with E-state index in [1.807, 2.05) is 32.0 Å². The number of ether oxygens (including phenoxy) is 2. The lowest BCUT2D eigenvalue weighted by Gasteiger charge is -2.24. The minimum Gasteiger partial charge on any atom is -0.490 e. The first-order valence-corrected chi connectivity index (χ1v) is 10.5. The quantitative estimate of drug-likeness (QED) is 0.480. The van der Waals surface area contributed by atoms with Gasteiger partial charge in [-0.3, -0.25) is 9.59 Å². The fourth-order valence-electron chi connectivity index (χ4n) is 4.04. The monoisotopic (exact) mass is 431 g/mol. The number of carbonyl (C=O) groups excluding carboxylic acids is 1. The van der Waals surface area contributed by atoms with Crippen LogP contribution in [0.5, 0.6) is 11.5 Å². The summed E-state index contributed by atoms with van der Waals surface area (Å²) >= 11 is 0. The number of hydrogen-bond acceptors (Lipinski definition) is 5. The molecule has 2 aromatic carbocycles. The standard InChI is InChI=1S/C26H25NO5/c1-5-12-27-23(17-9-11-20(31-13-6-2)21(15-17)30-7-3)22-24(28)18-14-16(4)8-10-19(18)32-25(22)26(27)29/h5-6,8-11,14-15,23H,1-2,7,12-13H2,3-4H3. The molecule has 0 radical (unpaired) electrons. The molecule has 0 spiro atoms. The van der Waals surface area contributed by atoms with Crippen LogP contribution in [0.2, 0.25) is 0 Å². The van der Waals surface area contributed by atoms with Gasteiger partial charge in [0, 0.05) is 6.54 Å². The van der Waals surface area contributed by atoms with Crippen molar-refractivity contribution in [1.29, 1.82) is 0 Å². The molecule has 3 aromatic rings. The molecule has 6 nitrogen and oxygen atoms in total. The molecule has 0 aliphatic carbocycles. The maximum Gasteiger partial charge on any atom is 0.291 e. The predicted octanol–water partition coefficient (Wildman–Crippen LogP) is 4.80. The largest absolute Gasteiger partial charge is 0.490 e. The Balaban J connectivity index is 1.92. The molecule has 2 heterocycles. The Morgan fingerprint density at radius 2 is 1.88 bits per heavy atom. The van der Waals surface area contributed by atoms with E-state index < -0.39 is 6.04 Å². The number of carbonyl (C=O) groups is 1. The maximum absolute atomic E-state index is 13.5. The number of benzene rings is 2. The molecule has 6 heteroatoms. The third-order valence-electron chi connectivity index (χ3n) is 5.39. The number of hydrogen-bond donors (Lipinski definition) is 0. The fraction of sp³-hybridized carbons (Fsp3) is 0.231. The van der Waals surface area contributed by atoms with Crippen molar-refractivity contribution in [2.45, 2.75) is 19.9 Å². The lowest BCUT2D eigenvalue weighted by Crippen LogP contribution is -2.29. The van der Waals surface area contributed by atoms with Crippen molar-refractivity contribution in [3.8, 4) is 11.5 Å². The Hall–Kier alpha value is -3.80. The molecule has 32 heavy (non-hydrogen) atoms. The Bertz CT molecular complexity index is 1270. The molecular formula is C26H25NO5. The Morgan fingerprint density at radius 1 is 1.06 bits per heavy atom. The first kappa shape index (κ1) is 21.4. The molecule has 1 atom stereocenters. The van der Waals surface area contributed by atoms with Crippen molar-refractivity contribution in [2.24, 2.45) is 0 Å². The van der Waals surface area contributed by atoms with Crippen LogP contribution in [0.25, 0.3) is 11.0 Å². The van der Waals surface area contributed by atoms with Gasteiger partial charge in [0.25, 0.3) is 5.91 Å². The smallest absolute Gasteiger partial charge is 0.291 e. The van der Waals surface area contributed by atoms with Crippen molar-refractivity contribution in [3.63, 3.8) is 0 Å². The highest BCUT2D eigenvalue weighted by Gasteiger charge is 2.42. The van der Waals surface area contributed by atoms with Gasteiger partial charge in [-0.2, -0.15) is 0 Å². The lowest BCUT2D eigenvalue weighted by molar-refractivity contribution is 0.0748. The first-order valence-electron chi connectivity index (χ1n) is 10.5. The van der Waals surface area contributed by atoms with Gasteiger partial charge in [0.05, 0.1) is 23.6 Å². The van der Waals surface area contributed by atoms with Crippen molar-refractivity contribution in [2.75, 3.05) is 19.8 Å². The minimum absolute atomic E-state index is 0.0724. The average Bonchev–Trinajstić information content (AvgIpc) is 3.06. The normalized spacial score (nSPS) is 15.0. The van der Waals surface area contributed by atoms with Crippen LogP contribution in [-0.2, 0) is 0 Å². The molecule has 1 unspecified atom stereocenters. The second-order valence-electron chi connectivity index (χ2n) is 7.56. The van der Waals surface area contributed by atoms with E-state index in [0.29, 0.717) is 41.2 Å². The highest BCUT2D eigenvalue weighted by molar-refractivity contribution is 5.99. The third-order valence-corrected chi connectivity index (χ3v) is 5.39. The molecule has 0 saturated heterocycles. The van der Waals surface area contributed by atoms with Crippen LogP contribution >= 0.6 is 0 Å². The van der Waals surface area contributed by atoms with Crippen LogP contribution in [0.4, 0.5) is 0 Å². The van der Waals surface area contributed by atoms with Crippen molar-refractivity contribution in [3.05, 3.63) is 94.4 Å². The van der Waals surface area contributed by atoms with E-state index >= 15 is 0 Å². The fourth-order valence-corrected chi connectivity index (χ4v) is 4.04. The van der Waals surface area contributed by atoms with Gasteiger partial charge in [0.1, 0.15) is 12.2 Å². The predicted molar refractivity (Wildman–Crippen MR) is 124 cm³/mol. The first-order chi connectivity index (χ1) is 15.5. The van der Waals surface area contributed by atoms with E-state index in [0.717, 1.165) is 11.1 Å². The van der Waals surface area contributed by atoms with Crippen LogP contribution in [0, 0.1) is 6.92 Å². The third kappa shape index (κ3) is 3.58. The number of aryl methyl sites for hydroxylation is 1. The summed E-state index contributed by atoms with van der Waals surface area (Å²) in [4.78, 5) is 28.4. The highest BCUT2D eigenvalue weighted by Crippen LogP contribution is 2.41. The molecule has 0 fully saturated rings. The van der Waals surface area contributed by atoms with Crippen LogP contribution in [0.3, 0.4) is 0 Å². The molecule has 1 aliphatic heterocycles. The maximum atomic E-state index is 13.5. The highest BCUT2D eigenvalue weighted by atomic mass is 16.5. The lowest BCUT2D eigenvalue weighted by atomic mass is 9.97. The van der Waals surface area contributed by atoms with E-state index in [4.69, 9.17) is 13.9 Å². The van der Waals surface area contributed by atoms with E-state index in [-0.39, 0.29) is 23.6 Å². The van der Waals surface area contributed by atoms with Crippen LogP contribution in [0.15, 0.2) is 70.9 Å². The van der Waals surface area contributed by atoms with Gasteiger partial charge in [-0.1, -0.05) is 36.4 Å². The number of fused-ring (bicyclic) bond motifs is 2. The van der Waals surface area contributed by atoms with Crippen LogP contribution in [-0.4, -0.2) is 30.6 Å². The summed E-state index contributed by atoms with van der Waals surface area (Å²) in [6, 6.07) is 10.2.